The van der Waals surface area contributed by atoms with Crippen LogP contribution in [-0.4, -0.2) is 64.1 Å². The van der Waals surface area contributed by atoms with E-state index in [4.69, 9.17) is 9.47 Å². The average Bonchev–Trinajstić information content (AvgIpc) is 3.18. The molecule has 0 saturated heterocycles. The number of hydrogen-bond acceptors (Lipinski definition) is 4. The first-order chi connectivity index (χ1) is 8.77. The average molecular weight is 258 g/mol. The molecule has 0 amide bonds. The third-order valence-corrected chi connectivity index (χ3v) is 3.60. The van der Waals surface area contributed by atoms with Crippen molar-refractivity contribution in [1.82, 2.24) is 10.2 Å². The van der Waals surface area contributed by atoms with Gasteiger partial charge in [-0.05, 0) is 39.2 Å². The molecule has 1 fully saturated rings. The van der Waals surface area contributed by atoms with Crippen molar-refractivity contribution in [2.75, 3.05) is 47.1 Å². The number of methoxy groups -OCH3 is 2. The molecule has 1 saturated carbocycles. The SMILES string of the molecule is COCCN(CCOC)C(C)CCCNC1CC1. The minimum absolute atomic E-state index is 0.608. The molecule has 4 nitrogen and oxygen atoms in total. The highest BCUT2D eigenvalue weighted by Crippen LogP contribution is 2.18. The monoisotopic (exact) mass is 258 g/mol. The summed E-state index contributed by atoms with van der Waals surface area (Å²) in [5, 5.41) is 3.57. The second-order valence-corrected chi connectivity index (χ2v) is 5.24. The summed E-state index contributed by atoms with van der Waals surface area (Å²) in [4.78, 5) is 2.46. The first-order valence-corrected chi connectivity index (χ1v) is 7.23. The van der Waals surface area contributed by atoms with E-state index in [1.165, 1.54) is 25.7 Å². The molecule has 1 atom stereocenters. The maximum atomic E-state index is 5.17. The van der Waals surface area contributed by atoms with Crippen LogP contribution in [0.3, 0.4) is 0 Å². The molecular formula is C14H30N2O2. The molecule has 1 rings (SSSR count). The van der Waals surface area contributed by atoms with E-state index in [-0.39, 0.29) is 0 Å². The normalized spacial score (nSPS) is 17.3. The highest BCUT2D eigenvalue weighted by atomic mass is 16.5. The van der Waals surface area contributed by atoms with Crippen LogP contribution in [0.1, 0.15) is 32.6 Å². The highest BCUT2D eigenvalue weighted by molar-refractivity contribution is 4.80. The van der Waals surface area contributed by atoms with Crippen LogP contribution in [0.5, 0.6) is 0 Å². The van der Waals surface area contributed by atoms with Crippen LogP contribution in [0.25, 0.3) is 0 Å². The zero-order valence-corrected chi connectivity index (χ0v) is 12.3. The van der Waals surface area contributed by atoms with Crippen LogP contribution in [0.4, 0.5) is 0 Å². The zero-order chi connectivity index (χ0) is 13.2. The van der Waals surface area contributed by atoms with Crippen molar-refractivity contribution in [2.24, 2.45) is 0 Å². The Kier molecular flexibility index (Phi) is 8.59. The molecule has 1 aliphatic carbocycles. The van der Waals surface area contributed by atoms with Gasteiger partial charge < -0.3 is 14.8 Å². The third kappa shape index (κ3) is 7.31. The van der Waals surface area contributed by atoms with Crippen LogP contribution in [-0.2, 0) is 9.47 Å². The Morgan fingerprint density at radius 3 is 2.28 bits per heavy atom. The maximum absolute atomic E-state index is 5.17. The first-order valence-electron chi connectivity index (χ1n) is 7.23. The Balaban J connectivity index is 2.11. The molecule has 0 aromatic carbocycles. The van der Waals surface area contributed by atoms with E-state index in [2.05, 4.69) is 17.1 Å². The molecule has 4 heteroatoms. The summed E-state index contributed by atoms with van der Waals surface area (Å²) in [5.74, 6) is 0. The topological polar surface area (TPSA) is 33.7 Å². The molecule has 1 N–H and O–H groups in total. The molecule has 108 valence electrons. The maximum Gasteiger partial charge on any atom is 0.0589 e. The molecule has 0 aliphatic heterocycles. The van der Waals surface area contributed by atoms with Crippen molar-refractivity contribution in [3.05, 3.63) is 0 Å². The largest absolute Gasteiger partial charge is 0.383 e. The quantitative estimate of drug-likeness (QED) is 0.538. The second kappa shape index (κ2) is 9.73. The van der Waals surface area contributed by atoms with Gasteiger partial charge in [0.05, 0.1) is 13.2 Å². The summed E-state index contributed by atoms with van der Waals surface area (Å²) >= 11 is 0. The Bertz CT molecular complexity index is 190. The van der Waals surface area contributed by atoms with Gasteiger partial charge in [0.1, 0.15) is 0 Å². The van der Waals surface area contributed by atoms with Gasteiger partial charge in [-0.15, -0.1) is 0 Å². The molecule has 0 heterocycles. The van der Waals surface area contributed by atoms with Gasteiger partial charge in [-0.2, -0.15) is 0 Å². The van der Waals surface area contributed by atoms with E-state index < -0.39 is 0 Å². The summed E-state index contributed by atoms with van der Waals surface area (Å²) in [6, 6.07) is 1.44. The molecule has 1 unspecified atom stereocenters. The Morgan fingerprint density at radius 1 is 1.17 bits per heavy atom. The lowest BCUT2D eigenvalue weighted by atomic mass is 10.1. The molecule has 0 aromatic rings. The predicted octanol–water partition coefficient (Wildman–Crippen LogP) is 1.50. The summed E-state index contributed by atoms with van der Waals surface area (Å²) < 4.78 is 10.3. The third-order valence-electron chi connectivity index (χ3n) is 3.60. The highest BCUT2D eigenvalue weighted by Gasteiger charge is 2.20. The van der Waals surface area contributed by atoms with E-state index in [1.54, 1.807) is 14.2 Å². The van der Waals surface area contributed by atoms with Gasteiger partial charge in [0, 0.05) is 39.4 Å². The molecule has 0 spiro atoms. The molecular weight excluding hydrogens is 228 g/mol. The van der Waals surface area contributed by atoms with Crippen LogP contribution in [0, 0.1) is 0 Å². The number of rotatable bonds is 12. The van der Waals surface area contributed by atoms with Gasteiger partial charge in [0.15, 0.2) is 0 Å². The molecule has 0 radical (unpaired) electrons. The fourth-order valence-corrected chi connectivity index (χ4v) is 2.14. The van der Waals surface area contributed by atoms with Gasteiger partial charge in [0.25, 0.3) is 0 Å². The molecule has 0 bridgehead atoms. The van der Waals surface area contributed by atoms with Gasteiger partial charge in [0.2, 0.25) is 0 Å². The Hall–Kier alpha value is -0.160. The standard InChI is InChI=1S/C14H30N2O2/c1-13(5-4-8-15-14-6-7-14)16(9-11-17-2)10-12-18-3/h13-15H,4-12H2,1-3H3. The smallest absolute Gasteiger partial charge is 0.0589 e. The molecule has 0 aromatic heterocycles. The minimum Gasteiger partial charge on any atom is -0.383 e. The van der Waals surface area contributed by atoms with E-state index >= 15 is 0 Å². The molecule has 18 heavy (non-hydrogen) atoms. The summed E-state index contributed by atoms with van der Waals surface area (Å²) in [6.45, 7) is 7.07. The van der Waals surface area contributed by atoms with E-state index in [0.717, 1.165) is 38.9 Å². The van der Waals surface area contributed by atoms with Gasteiger partial charge >= 0.3 is 0 Å². The van der Waals surface area contributed by atoms with E-state index in [0.29, 0.717) is 6.04 Å². The van der Waals surface area contributed by atoms with E-state index in [9.17, 15) is 0 Å². The lowest BCUT2D eigenvalue weighted by Gasteiger charge is -2.28. The summed E-state index contributed by atoms with van der Waals surface area (Å²) in [6.07, 6.45) is 5.26. The number of ether oxygens (including phenoxy) is 2. The van der Waals surface area contributed by atoms with Crippen molar-refractivity contribution >= 4 is 0 Å². The van der Waals surface area contributed by atoms with Crippen LogP contribution < -0.4 is 5.32 Å². The zero-order valence-electron chi connectivity index (χ0n) is 12.3. The number of nitrogens with one attached hydrogen (secondary N) is 1. The van der Waals surface area contributed by atoms with E-state index in [1.807, 2.05) is 0 Å². The predicted molar refractivity (Wildman–Crippen MR) is 75.0 cm³/mol. The lowest BCUT2D eigenvalue weighted by molar-refractivity contribution is 0.0888. The van der Waals surface area contributed by atoms with Gasteiger partial charge in [-0.25, -0.2) is 0 Å². The lowest BCUT2D eigenvalue weighted by Crippen LogP contribution is -2.38. The molecule has 1 aliphatic rings. The van der Waals surface area contributed by atoms with Crippen molar-refractivity contribution in [2.45, 2.75) is 44.7 Å². The number of hydrogen-bond donors (Lipinski definition) is 1. The fraction of sp³-hybridized carbons (Fsp3) is 1.00. The van der Waals surface area contributed by atoms with Crippen LogP contribution in [0.15, 0.2) is 0 Å². The van der Waals surface area contributed by atoms with Gasteiger partial charge in [-0.3, -0.25) is 4.90 Å². The summed E-state index contributed by atoms with van der Waals surface area (Å²) in [5.41, 5.74) is 0. The van der Waals surface area contributed by atoms with Crippen molar-refractivity contribution in [1.29, 1.82) is 0 Å². The van der Waals surface area contributed by atoms with Crippen LogP contribution >= 0.6 is 0 Å². The van der Waals surface area contributed by atoms with Crippen molar-refractivity contribution in [3.63, 3.8) is 0 Å². The van der Waals surface area contributed by atoms with Crippen LogP contribution in [0.2, 0.25) is 0 Å². The van der Waals surface area contributed by atoms with Gasteiger partial charge in [-0.1, -0.05) is 0 Å². The Morgan fingerprint density at radius 2 is 1.78 bits per heavy atom. The minimum atomic E-state index is 0.608. The van der Waals surface area contributed by atoms with Crippen molar-refractivity contribution < 1.29 is 9.47 Å². The first kappa shape index (κ1) is 15.9. The summed E-state index contributed by atoms with van der Waals surface area (Å²) in [7, 11) is 3.53. The van der Waals surface area contributed by atoms with Crippen molar-refractivity contribution in [3.8, 4) is 0 Å². The second-order valence-electron chi connectivity index (χ2n) is 5.24. The fourth-order valence-electron chi connectivity index (χ4n) is 2.14. The Labute approximate surface area is 112 Å². The number of nitrogens with zero attached hydrogens (tertiary/aromatic N) is 1.